The van der Waals surface area contributed by atoms with Crippen LogP contribution in [0.3, 0.4) is 0 Å². The van der Waals surface area contributed by atoms with Crippen molar-refractivity contribution in [3.8, 4) is 5.75 Å². The van der Waals surface area contributed by atoms with Crippen LogP contribution in [-0.4, -0.2) is 27.2 Å². The summed E-state index contributed by atoms with van der Waals surface area (Å²) in [5, 5.41) is 3.00. The standard InChI is InChI=1S/C17H19ClN2O4S/c1-3-24-14-6-4-5-12(9-14)11-19-17(21)15-10-13(7-8-16(15)18)20-25(2,22)23/h4-10,20H,3,11H2,1-2H3,(H,19,21). The summed E-state index contributed by atoms with van der Waals surface area (Å²) in [4.78, 5) is 12.4. The van der Waals surface area contributed by atoms with E-state index >= 15 is 0 Å². The van der Waals surface area contributed by atoms with Crippen LogP contribution < -0.4 is 14.8 Å². The molecule has 6 nitrogen and oxygen atoms in total. The van der Waals surface area contributed by atoms with Gasteiger partial charge in [-0.25, -0.2) is 8.42 Å². The molecule has 25 heavy (non-hydrogen) atoms. The minimum absolute atomic E-state index is 0.191. The topological polar surface area (TPSA) is 84.5 Å². The second-order valence-corrected chi connectivity index (χ2v) is 7.49. The highest BCUT2D eigenvalue weighted by molar-refractivity contribution is 7.92. The summed E-state index contributed by atoms with van der Waals surface area (Å²) in [5.41, 5.74) is 1.34. The molecule has 134 valence electrons. The van der Waals surface area contributed by atoms with Crippen LogP contribution in [0.15, 0.2) is 42.5 Å². The van der Waals surface area contributed by atoms with E-state index < -0.39 is 15.9 Å². The van der Waals surface area contributed by atoms with Gasteiger partial charge < -0.3 is 10.1 Å². The quantitative estimate of drug-likeness (QED) is 0.770. The number of carbonyl (C=O) groups excluding carboxylic acids is 1. The molecule has 0 saturated heterocycles. The van der Waals surface area contributed by atoms with E-state index in [2.05, 4.69) is 10.0 Å². The van der Waals surface area contributed by atoms with E-state index in [9.17, 15) is 13.2 Å². The van der Waals surface area contributed by atoms with Gasteiger partial charge in [0.1, 0.15) is 5.75 Å². The summed E-state index contributed by atoms with van der Waals surface area (Å²) >= 11 is 6.05. The molecule has 1 amide bonds. The number of ether oxygens (including phenoxy) is 1. The maximum Gasteiger partial charge on any atom is 0.253 e. The lowest BCUT2D eigenvalue weighted by Crippen LogP contribution is -2.23. The molecule has 0 unspecified atom stereocenters. The molecule has 0 radical (unpaired) electrons. The van der Waals surface area contributed by atoms with Gasteiger partial charge in [-0.15, -0.1) is 0 Å². The third-order valence-corrected chi connectivity index (χ3v) is 4.11. The molecule has 0 bridgehead atoms. The van der Waals surface area contributed by atoms with E-state index in [1.54, 1.807) is 0 Å². The average Bonchev–Trinajstić information content (AvgIpc) is 2.54. The lowest BCUT2D eigenvalue weighted by molar-refractivity contribution is 0.0951. The van der Waals surface area contributed by atoms with Crippen LogP contribution in [-0.2, 0) is 16.6 Å². The Kier molecular flexibility index (Phi) is 6.27. The van der Waals surface area contributed by atoms with Crippen molar-refractivity contribution < 1.29 is 17.9 Å². The number of benzene rings is 2. The number of hydrogen-bond donors (Lipinski definition) is 2. The van der Waals surface area contributed by atoms with Gasteiger partial charge >= 0.3 is 0 Å². The molecule has 0 aromatic heterocycles. The molecule has 2 rings (SSSR count). The van der Waals surface area contributed by atoms with Crippen LogP contribution in [0.4, 0.5) is 5.69 Å². The summed E-state index contributed by atoms with van der Waals surface area (Å²) < 4.78 is 30.3. The number of amides is 1. The van der Waals surface area contributed by atoms with Gasteiger partial charge in [0.15, 0.2) is 0 Å². The maximum atomic E-state index is 12.4. The predicted octanol–water partition coefficient (Wildman–Crippen LogP) is 3.04. The van der Waals surface area contributed by atoms with Crippen LogP contribution in [0, 0.1) is 0 Å². The maximum absolute atomic E-state index is 12.4. The molecule has 0 aliphatic carbocycles. The van der Waals surface area contributed by atoms with E-state index in [1.165, 1.54) is 18.2 Å². The van der Waals surface area contributed by atoms with Gasteiger partial charge in [0, 0.05) is 12.2 Å². The molecule has 2 aromatic carbocycles. The largest absolute Gasteiger partial charge is 0.494 e. The second kappa shape index (κ2) is 8.22. The summed E-state index contributed by atoms with van der Waals surface area (Å²) in [6, 6.07) is 11.8. The molecule has 0 atom stereocenters. The van der Waals surface area contributed by atoms with Crippen molar-refractivity contribution in [1.82, 2.24) is 5.32 Å². The molecule has 2 N–H and O–H groups in total. The second-order valence-electron chi connectivity index (χ2n) is 5.33. The zero-order valence-electron chi connectivity index (χ0n) is 13.9. The van der Waals surface area contributed by atoms with E-state index in [-0.39, 0.29) is 16.3 Å². The predicted molar refractivity (Wildman–Crippen MR) is 98.7 cm³/mol. The Balaban J connectivity index is 2.10. The molecule has 8 heteroatoms. The fraction of sp³-hybridized carbons (Fsp3) is 0.235. The van der Waals surface area contributed by atoms with Gasteiger partial charge in [0.25, 0.3) is 5.91 Å². The van der Waals surface area contributed by atoms with Crippen LogP contribution in [0.25, 0.3) is 0 Å². The number of halogens is 1. The molecule has 0 spiro atoms. The van der Waals surface area contributed by atoms with Crippen molar-refractivity contribution >= 4 is 33.2 Å². The Bertz CT molecular complexity index is 869. The Morgan fingerprint density at radius 1 is 1.20 bits per heavy atom. The molecule has 0 aliphatic heterocycles. The molecule has 2 aromatic rings. The number of sulfonamides is 1. The van der Waals surface area contributed by atoms with Crippen molar-refractivity contribution in [2.75, 3.05) is 17.6 Å². The number of anilines is 1. The zero-order valence-corrected chi connectivity index (χ0v) is 15.4. The van der Waals surface area contributed by atoms with Crippen LogP contribution in [0.1, 0.15) is 22.8 Å². The van der Waals surface area contributed by atoms with Crippen molar-refractivity contribution in [2.45, 2.75) is 13.5 Å². The smallest absolute Gasteiger partial charge is 0.253 e. The summed E-state index contributed by atoms with van der Waals surface area (Å²) in [5.74, 6) is 0.329. The lowest BCUT2D eigenvalue weighted by atomic mass is 10.1. The lowest BCUT2D eigenvalue weighted by Gasteiger charge is -2.10. The Morgan fingerprint density at radius 2 is 1.96 bits per heavy atom. The van der Waals surface area contributed by atoms with Gasteiger partial charge in [-0.1, -0.05) is 23.7 Å². The first-order valence-corrected chi connectivity index (χ1v) is 9.82. The average molecular weight is 383 g/mol. The summed E-state index contributed by atoms with van der Waals surface area (Å²) in [6.07, 6.45) is 1.03. The Morgan fingerprint density at radius 3 is 2.64 bits per heavy atom. The van der Waals surface area contributed by atoms with Gasteiger partial charge in [-0.05, 0) is 42.8 Å². The monoisotopic (exact) mass is 382 g/mol. The van der Waals surface area contributed by atoms with Crippen molar-refractivity contribution in [3.63, 3.8) is 0 Å². The minimum atomic E-state index is -3.44. The Hall–Kier alpha value is -2.25. The molecule has 0 heterocycles. The highest BCUT2D eigenvalue weighted by Crippen LogP contribution is 2.21. The first kappa shape index (κ1) is 19.1. The highest BCUT2D eigenvalue weighted by Gasteiger charge is 2.13. The third-order valence-electron chi connectivity index (χ3n) is 3.18. The number of rotatable bonds is 7. The van der Waals surface area contributed by atoms with Gasteiger partial charge in [0.05, 0.1) is 23.4 Å². The van der Waals surface area contributed by atoms with Gasteiger partial charge in [0.2, 0.25) is 10.0 Å². The van der Waals surface area contributed by atoms with Crippen molar-refractivity contribution in [3.05, 3.63) is 58.6 Å². The first-order valence-electron chi connectivity index (χ1n) is 7.56. The SMILES string of the molecule is CCOc1cccc(CNC(=O)c2cc(NS(C)(=O)=O)ccc2Cl)c1. The Labute approximate surface area is 152 Å². The van der Waals surface area contributed by atoms with E-state index in [1.807, 2.05) is 31.2 Å². The summed E-state index contributed by atoms with van der Waals surface area (Å²) in [6.45, 7) is 2.75. The third kappa shape index (κ3) is 5.95. The molecule has 0 fully saturated rings. The highest BCUT2D eigenvalue weighted by atomic mass is 35.5. The van der Waals surface area contributed by atoms with Crippen LogP contribution in [0.5, 0.6) is 5.75 Å². The minimum Gasteiger partial charge on any atom is -0.494 e. The van der Waals surface area contributed by atoms with E-state index in [0.29, 0.717) is 13.2 Å². The van der Waals surface area contributed by atoms with E-state index in [0.717, 1.165) is 17.6 Å². The van der Waals surface area contributed by atoms with Gasteiger partial charge in [-0.3, -0.25) is 9.52 Å². The number of nitrogens with one attached hydrogen (secondary N) is 2. The number of carbonyl (C=O) groups is 1. The number of hydrogen-bond acceptors (Lipinski definition) is 4. The fourth-order valence-corrected chi connectivity index (χ4v) is 2.92. The van der Waals surface area contributed by atoms with Crippen molar-refractivity contribution in [2.24, 2.45) is 0 Å². The molecular formula is C17H19ClN2O4S. The van der Waals surface area contributed by atoms with Gasteiger partial charge in [-0.2, -0.15) is 0 Å². The summed E-state index contributed by atoms with van der Waals surface area (Å²) in [7, 11) is -3.44. The van der Waals surface area contributed by atoms with E-state index in [4.69, 9.17) is 16.3 Å². The van der Waals surface area contributed by atoms with Crippen LogP contribution >= 0.6 is 11.6 Å². The zero-order chi connectivity index (χ0) is 18.4. The molecule has 0 saturated carbocycles. The normalized spacial score (nSPS) is 11.0. The van der Waals surface area contributed by atoms with Crippen molar-refractivity contribution in [1.29, 1.82) is 0 Å². The first-order chi connectivity index (χ1) is 11.8. The molecular weight excluding hydrogens is 364 g/mol. The fourth-order valence-electron chi connectivity index (χ4n) is 2.17. The molecule has 0 aliphatic rings. The van der Waals surface area contributed by atoms with Crippen LogP contribution in [0.2, 0.25) is 5.02 Å².